The van der Waals surface area contributed by atoms with E-state index >= 15 is 0 Å². The Balaban J connectivity index is 1.78. The second-order valence-corrected chi connectivity index (χ2v) is 6.52. The summed E-state index contributed by atoms with van der Waals surface area (Å²) in [6, 6.07) is 10.0. The van der Waals surface area contributed by atoms with E-state index in [-0.39, 0.29) is 17.0 Å². The number of hydrogen-bond acceptors (Lipinski definition) is 5. The molecule has 0 spiro atoms. The van der Waals surface area contributed by atoms with E-state index in [0.717, 1.165) is 18.7 Å². The monoisotopic (exact) mass is 369 g/mol. The van der Waals surface area contributed by atoms with Crippen molar-refractivity contribution in [1.29, 1.82) is 0 Å². The van der Waals surface area contributed by atoms with Crippen LogP contribution in [0.25, 0.3) is 0 Å². The van der Waals surface area contributed by atoms with Crippen molar-refractivity contribution in [3.05, 3.63) is 57.6 Å². The Labute approximate surface area is 158 Å². The van der Waals surface area contributed by atoms with Crippen molar-refractivity contribution < 1.29 is 14.5 Å². The first-order valence-electron chi connectivity index (χ1n) is 9.07. The molecule has 7 heteroatoms. The number of rotatable bonds is 6. The highest BCUT2D eigenvalue weighted by atomic mass is 16.6. The van der Waals surface area contributed by atoms with Gasteiger partial charge in [-0.25, -0.2) is 0 Å². The highest BCUT2D eigenvalue weighted by molar-refractivity contribution is 6.05. The van der Waals surface area contributed by atoms with Gasteiger partial charge in [-0.3, -0.25) is 14.9 Å². The SMILES string of the molecule is CCOc1ccc(C(=O)Nc2ccc(N3CCCC3)c(C)c2)cc1[N+](=O)[O-]. The minimum atomic E-state index is -0.545. The summed E-state index contributed by atoms with van der Waals surface area (Å²) in [5.74, 6) is -0.237. The van der Waals surface area contributed by atoms with E-state index in [9.17, 15) is 14.9 Å². The number of anilines is 2. The summed E-state index contributed by atoms with van der Waals surface area (Å²) in [7, 11) is 0. The highest BCUT2D eigenvalue weighted by Crippen LogP contribution is 2.29. The van der Waals surface area contributed by atoms with Crippen molar-refractivity contribution in [2.24, 2.45) is 0 Å². The standard InChI is InChI=1S/C20H23N3O4/c1-3-27-19-9-6-15(13-18(19)23(25)26)20(24)21-16-7-8-17(14(2)12-16)22-10-4-5-11-22/h6-9,12-13H,3-5,10-11H2,1-2H3,(H,21,24). The van der Waals surface area contributed by atoms with Crippen molar-refractivity contribution in [2.45, 2.75) is 26.7 Å². The maximum Gasteiger partial charge on any atom is 0.311 e. The fourth-order valence-corrected chi connectivity index (χ4v) is 3.33. The van der Waals surface area contributed by atoms with Gasteiger partial charge >= 0.3 is 5.69 Å². The van der Waals surface area contributed by atoms with E-state index in [0.29, 0.717) is 12.3 Å². The maximum absolute atomic E-state index is 12.5. The number of amides is 1. The largest absolute Gasteiger partial charge is 0.487 e. The second-order valence-electron chi connectivity index (χ2n) is 6.52. The van der Waals surface area contributed by atoms with E-state index < -0.39 is 10.8 Å². The van der Waals surface area contributed by atoms with Crippen LogP contribution in [0.3, 0.4) is 0 Å². The van der Waals surface area contributed by atoms with Crippen LogP contribution >= 0.6 is 0 Å². The minimum absolute atomic E-state index is 0.157. The van der Waals surface area contributed by atoms with Crippen molar-refractivity contribution in [1.82, 2.24) is 0 Å². The molecule has 0 unspecified atom stereocenters. The van der Waals surface area contributed by atoms with Gasteiger partial charge in [-0.2, -0.15) is 0 Å². The van der Waals surface area contributed by atoms with Crippen LogP contribution in [-0.2, 0) is 0 Å². The zero-order valence-electron chi connectivity index (χ0n) is 15.5. The van der Waals surface area contributed by atoms with Gasteiger partial charge in [0.1, 0.15) is 0 Å². The number of aryl methyl sites for hydroxylation is 1. The van der Waals surface area contributed by atoms with Gasteiger partial charge in [-0.15, -0.1) is 0 Å². The molecule has 142 valence electrons. The number of ether oxygens (including phenoxy) is 1. The van der Waals surface area contributed by atoms with Crippen LogP contribution in [0.5, 0.6) is 5.75 Å². The molecule has 0 aliphatic carbocycles. The lowest BCUT2D eigenvalue weighted by atomic mass is 10.1. The highest BCUT2D eigenvalue weighted by Gasteiger charge is 2.19. The topological polar surface area (TPSA) is 84.7 Å². The average molecular weight is 369 g/mol. The summed E-state index contributed by atoms with van der Waals surface area (Å²) in [5, 5.41) is 14.0. The molecule has 1 N–H and O–H groups in total. The Morgan fingerprint density at radius 3 is 2.59 bits per heavy atom. The molecule has 7 nitrogen and oxygen atoms in total. The van der Waals surface area contributed by atoms with Gasteiger partial charge in [-0.1, -0.05) is 0 Å². The third-order valence-corrected chi connectivity index (χ3v) is 4.62. The van der Waals surface area contributed by atoms with Gasteiger partial charge in [0.2, 0.25) is 0 Å². The second kappa shape index (κ2) is 8.07. The first-order valence-corrected chi connectivity index (χ1v) is 9.07. The smallest absolute Gasteiger partial charge is 0.311 e. The van der Waals surface area contributed by atoms with Crippen LogP contribution < -0.4 is 15.0 Å². The van der Waals surface area contributed by atoms with Crippen LogP contribution in [0, 0.1) is 17.0 Å². The van der Waals surface area contributed by atoms with E-state index in [1.54, 1.807) is 6.92 Å². The van der Waals surface area contributed by atoms with Crippen LogP contribution in [-0.4, -0.2) is 30.5 Å². The normalized spacial score (nSPS) is 13.5. The molecular weight excluding hydrogens is 346 g/mol. The summed E-state index contributed by atoms with van der Waals surface area (Å²) in [6.45, 7) is 6.20. The van der Waals surface area contributed by atoms with Crippen molar-refractivity contribution in [3.8, 4) is 5.75 Å². The lowest BCUT2D eigenvalue weighted by molar-refractivity contribution is -0.385. The van der Waals surface area contributed by atoms with Crippen LogP contribution in [0.15, 0.2) is 36.4 Å². The summed E-state index contributed by atoms with van der Waals surface area (Å²) >= 11 is 0. The Morgan fingerprint density at radius 1 is 1.22 bits per heavy atom. The number of nitrogens with zero attached hydrogens (tertiary/aromatic N) is 2. The molecule has 3 rings (SSSR count). The molecule has 1 saturated heterocycles. The molecule has 1 heterocycles. The number of nitro benzene ring substituents is 1. The molecule has 0 bridgehead atoms. The van der Waals surface area contributed by atoms with Crippen LogP contribution in [0.1, 0.15) is 35.7 Å². The molecule has 0 aromatic heterocycles. The van der Waals surface area contributed by atoms with Gasteiger partial charge < -0.3 is 15.0 Å². The molecular formula is C20H23N3O4. The van der Waals surface area contributed by atoms with Crippen LogP contribution in [0.4, 0.5) is 17.1 Å². The van der Waals surface area contributed by atoms with Gasteiger partial charge in [-0.05, 0) is 62.6 Å². The Bertz CT molecular complexity index is 860. The number of carbonyl (C=O) groups is 1. The fourth-order valence-electron chi connectivity index (χ4n) is 3.33. The Hall–Kier alpha value is -3.09. The summed E-state index contributed by atoms with van der Waals surface area (Å²) in [5.41, 5.74) is 2.93. The van der Waals surface area contributed by atoms with E-state index in [4.69, 9.17) is 4.74 Å². The minimum Gasteiger partial charge on any atom is -0.487 e. The number of hydrogen-bond donors (Lipinski definition) is 1. The molecule has 27 heavy (non-hydrogen) atoms. The average Bonchev–Trinajstić information content (AvgIpc) is 3.16. The molecule has 0 atom stereocenters. The van der Waals surface area contributed by atoms with E-state index in [2.05, 4.69) is 10.2 Å². The first kappa shape index (κ1) is 18.7. The molecule has 1 aliphatic rings. The number of carbonyl (C=O) groups excluding carboxylic acids is 1. The van der Waals surface area contributed by atoms with Crippen molar-refractivity contribution >= 4 is 23.0 Å². The summed E-state index contributed by atoms with van der Waals surface area (Å²) in [4.78, 5) is 25.6. The van der Waals surface area contributed by atoms with E-state index in [1.807, 2.05) is 25.1 Å². The molecule has 0 saturated carbocycles. The molecule has 2 aromatic carbocycles. The molecule has 1 aliphatic heterocycles. The summed E-state index contributed by atoms with van der Waals surface area (Å²) in [6.07, 6.45) is 2.41. The zero-order valence-corrected chi connectivity index (χ0v) is 15.5. The lowest BCUT2D eigenvalue weighted by Crippen LogP contribution is -2.19. The van der Waals surface area contributed by atoms with Gasteiger partial charge in [0.15, 0.2) is 5.75 Å². The Morgan fingerprint density at radius 2 is 1.96 bits per heavy atom. The quantitative estimate of drug-likeness (QED) is 0.611. The Kier molecular flexibility index (Phi) is 5.59. The fraction of sp³-hybridized carbons (Fsp3) is 0.350. The van der Waals surface area contributed by atoms with Gasteiger partial charge in [0.25, 0.3) is 5.91 Å². The lowest BCUT2D eigenvalue weighted by Gasteiger charge is -2.20. The van der Waals surface area contributed by atoms with Gasteiger partial charge in [0, 0.05) is 36.1 Å². The molecule has 0 radical (unpaired) electrons. The number of benzene rings is 2. The molecule has 2 aromatic rings. The third kappa shape index (κ3) is 4.19. The third-order valence-electron chi connectivity index (χ3n) is 4.62. The zero-order chi connectivity index (χ0) is 19.4. The van der Waals surface area contributed by atoms with Crippen molar-refractivity contribution in [3.63, 3.8) is 0 Å². The molecule has 1 fully saturated rings. The first-order chi connectivity index (χ1) is 13.0. The maximum atomic E-state index is 12.5. The summed E-state index contributed by atoms with van der Waals surface area (Å²) < 4.78 is 5.25. The van der Waals surface area contributed by atoms with E-state index in [1.165, 1.54) is 36.7 Å². The number of nitrogens with one attached hydrogen (secondary N) is 1. The van der Waals surface area contributed by atoms with Crippen molar-refractivity contribution in [2.75, 3.05) is 29.9 Å². The number of nitro groups is 1. The van der Waals surface area contributed by atoms with Crippen LogP contribution in [0.2, 0.25) is 0 Å². The molecule has 1 amide bonds. The predicted octanol–water partition coefficient (Wildman–Crippen LogP) is 4.15. The van der Waals surface area contributed by atoms with Gasteiger partial charge in [0.05, 0.1) is 11.5 Å². The predicted molar refractivity (Wildman–Crippen MR) is 105 cm³/mol.